The summed E-state index contributed by atoms with van der Waals surface area (Å²) in [4.78, 5) is 38.6. The van der Waals surface area contributed by atoms with Crippen molar-refractivity contribution in [2.24, 2.45) is 0 Å². The third kappa shape index (κ3) is 4.07. The summed E-state index contributed by atoms with van der Waals surface area (Å²) in [5.74, 6) is -4.06. The van der Waals surface area contributed by atoms with E-state index in [9.17, 15) is 50.1 Å². The quantitative estimate of drug-likeness (QED) is 0.144. The molecule has 12 heteroatoms. The van der Waals surface area contributed by atoms with Crippen LogP contribution in [0, 0.1) is 0 Å². The lowest BCUT2D eigenvalue weighted by atomic mass is 9.90. The van der Waals surface area contributed by atoms with Crippen LogP contribution in [0.25, 0.3) is 54.6 Å². The SMILES string of the molecule is CC(=O)Cc1cc(O)c2c(O)c3c(O)cc(=O)c(-c4c(=O)cc(O)c5c(O)c6c(O)cc(C(C)O)oc6cc45)c3cc2o1. The Kier molecular flexibility index (Phi) is 5.99. The topological polar surface area (TPSA) is 219 Å². The van der Waals surface area contributed by atoms with Gasteiger partial charge in [0.25, 0.3) is 0 Å². The molecular weight excluding hydrogens is 564 g/mol. The highest BCUT2D eigenvalue weighted by Gasteiger charge is 2.27. The van der Waals surface area contributed by atoms with Gasteiger partial charge in [-0.2, -0.15) is 0 Å². The molecule has 12 nitrogen and oxygen atoms in total. The first-order valence-electron chi connectivity index (χ1n) is 12.8. The molecule has 0 radical (unpaired) electrons. The van der Waals surface area contributed by atoms with E-state index in [2.05, 4.69) is 0 Å². The number of carbonyl (C=O) groups is 1. The Balaban J connectivity index is 1.82. The molecule has 2 aromatic heterocycles. The molecule has 2 heterocycles. The lowest BCUT2D eigenvalue weighted by Gasteiger charge is -2.16. The number of ketones is 1. The molecule has 0 bridgehead atoms. The molecule has 1 atom stereocenters. The minimum Gasteiger partial charge on any atom is -0.507 e. The van der Waals surface area contributed by atoms with Crippen molar-refractivity contribution in [3.05, 3.63) is 68.4 Å². The largest absolute Gasteiger partial charge is 0.507 e. The Morgan fingerprint density at radius 1 is 0.674 bits per heavy atom. The standard InChI is InChI=1S/C31H22O12/c1-10(32)3-12-4-15(34)28-22(42-12)5-13-24(16(35)7-18(37)26(13)30(28)40)25-14-6-23-29(20(39)9-21(43-23)11(2)33)31(41)27(14)19(38)8-17(25)36/h4-9,11,33-34,37-41H,3H2,1-2H3. The van der Waals surface area contributed by atoms with Crippen LogP contribution in [0.3, 0.4) is 0 Å². The molecule has 0 fully saturated rings. The number of benzene rings is 4. The van der Waals surface area contributed by atoms with Gasteiger partial charge in [0.15, 0.2) is 10.9 Å². The second-order valence-electron chi connectivity index (χ2n) is 10.3. The summed E-state index contributed by atoms with van der Waals surface area (Å²) >= 11 is 0. The molecule has 6 aromatic rings. The highest BCUT2D eigenvalue weighted by atomic mass is 16.4. The van der Waals surface area contributed by atoms with Crippen LogP contribution in [0.4, 0.5) is 0 Å². The Bertz CT molecular complexity index is 2330. The Morgan fingerprint density at radius 3 is 1.58 bits per heavy atom. The Morgan fingerprint density at radius 2 is 1.12 bits per heavy atom. The molecule has 0 saturated heterocycles. The van der Waals surface area contributed by atoms with E-state index in [1.807, 2.05) is 0 Å². The number of hydrogen-bond acceptors (Lipinski definition) is 12. The first-order valence-corrected chi connectivity index (χ1v) is 12.8. The average molecular weight is 587 g/mol. The molecule has 0 saturated carbocycles. The molecule has 0 amide bonds. The second-order valence-corrected chi connectivity index (χ2v) is 10.3. The number of carbonyl (C=O) groups excluding carboxylic acids is 1. The van der Waals surface area contributed by atoms with E-state index in [0.29, 0.717) is 0 Å². The van der Waals surface area contributed by atoms with Crippen LogP contribution in [0.2, 0.25) is 0 Å². The van der Waals surface area contributed by atoms with E-state index in [-0.39, 0.29) is 78.3 Å². The van der Waals surface area contributed by atoms with Crippen molar-refractivity contribution >= 4 is 49.3 Å². The summed E-state index contributed by atoms with van der Waals surface area (Å²) in [5, 5.41) is 73.4. The van der Waals surface area contributed by atoms with Crippen molar-refractivity contribution in [2.75, 3.05) is 0 Å². The van der Waals surface area contributed by atoms with Crippen molar-refractivity contribution in [3.63, 3.8) is 0 Å². The number of Topliss-reactive ketones (excluding diaryl/α,β-unsaturated/α-hetero) is 1. The predicted octanol–water partition coefficient (Wildman–Crippen LogP) is 4.29. The average Bonchev–Trinajstić information content (AvgIpc) is 2.88. The number of aromatic hydroxyl groups is 6. The molecule has 218 valence electrons. The third-order valence-electron chi connectivity index (χ3n) is 7.25. The monoisotopic (exact) mass is 586 g/mol. The van der Waals surface area contributed by atoms with Gasteiger partial charge >= 0.3 is 0 Å². The normalized spacial score (nSPS) is 12.4. The molecule has 4 aromatic carbocycles. The first-order chi connectivity index (χ1) is 20.3. The maximum absolute atomic E-state index is 13.5. The van der Waals surface area contributed by atoms with Crippen LogP contribution >= 0.6 is 0 Å². The molecule has 0 aliphatic rings. The lowest BCUT2D eigenvalue weighted by molar-refractivity contribution is -0.116. The third-order valence-corrected chi connectivity index (χ3v) is 7.25. The number of fused-ring (bicyclic) bond motifs is 4. The molecule has 43 heavy (non-hydrogen) atoms. The van der Waals surface area contributed by atoms with Gasteiger partial charge in [0.05, 0.1) is 17.2 Å². The van der Waals surface area contributed by atoms with Crippen molar-refractivity contribution in [1.82, 2.24) is 0 Å². The van der Waals surface area contributed by atoms with Gasteiger partial charge < -0.3 is 44.6 Å². The van der Waals surface area contributed by atoms with Crippen molar-refractivity contribution in [2.45, 2.75) is 26.4 Å². The molecule has 1 unspecified atom stereocenters. The fraction of sp³-hybridized carbons (Fsp3) is 0.129. The van der Waals surface area contributed by atoms with E-state index < -0.39 is 51.5 Å². The van der Waals surface area contributed by atoms with E-state index in [1.165, 1.54) is 26.0 Å². The number of hydrogen-bond donors (Lipinski definition) is 7. The zero-order valence-electron chi connectivity index (χ0n) is 22.4. The van der Waals surface area contributed by atoms with Gasteiger partial charge in [0.1, 0.15) is 79.8 Å². The van der Waals surface area contributed by atoms with Crippen LogP contribution in [0.5, 0.6) is 34.5 Å². The number of rotatable bonds is 4. The van der Waals surface area contributed by atoms with Gasteiger partial charge in [-0.3, -0.25) is 14.4 Å². The summed E-state index contributed by atoms with van der Waals surface area (Å²) in [6.07, 6.45) is -1.38. The highest BCUT2D eigenvalue weighted by molar-refractivity contribution is 6.18. The smallest absolute Gasteiger partial charge is 0.190 e. The van der Waals surface area contributed by atoms with Gasteiger partial charge in [0, 0.05) is 46.2 Å². The van der Waals surface area contributed by atoms with Gasteiger partial charge in [-0.25, -0.2) is 0 Å². The number of phenolic OH excluding ortho intramolecular Hbond substituents is 4. The maximum atomic E-state index is 13.5. The van der Waals surface area contributed by atoms with Crippen LogP contribution in [0.1, 0.15) is 31.5 Å². The van der Waals surface area contributed by atoms with E-state index >= 15 is 0 Å². The lowest BCUT2D eigenvalue weighted by Crippen LogP contribution is -2.12. The van der Waals surface area contributed by atoms with E-state index in [4.69, 9.17) is 8.83 Å². The van der Waals surface area contributed by atoms with Crippen LogP contribution in [-0.2, 0) is 11.2 Å². The van der Waals surface area contributed by atoms with Crippen LogP contribution in [-0.4, -0.2) is 41.5 Å². The summed E-state index contributed by atoms with van der Waals surface area (Å²) in [6, 6.07) is 6.10. The fourth-order valence-electron chi connectivity index (χ4n) is 5.47. The minimum atomic E-state index is -1.18. The zero-order valence-corrected chi connectivity index (χ0v) is 22.4. The van der Waals surface area contributed by atoms with Gasteiger partial charge in [0.2, 0.25) is 0 Å². The van der Waals surface area contributed by atoms with Gasteiger partial charge in [-0.1, -0.05) is 0 Å². The maximum Gasteiger partial charge on any atom is 0.190 e. The first kappa shape index (κ1) is 27.4. The fourth-order valence-corrected chi connectivity index (χ4v) is 5.47. The van der Waals surface area contributed by atoms with Crippen molar-refractivity contribution < 1.29 is 49.4 Å². The Hall–Kier alpha value is -5.75. The molecule has 7 N–H and O–H groups in total. The molecule has 0 spiro atoms. The number of phenols is 4. The highest BCUT2D eigenvalue weighted by Crippen LogP contribution is 2.48. The predicted molar refractivity (Wildman–Crippen MR) is 154 cm³/mol. The van der Waals surface area contributed by atoms with E-state index in [1.54, 1.807) is 0 Å². The molecular formula is C31H22O12. The molecule has 0 aliphatic carbocycles. The number of aliphatic hydroxyl groups is 1. The Labute approximate surface area is 239 Å². The van der Waals surface area contributed by atoms with Crippen LogP contribution < -0.4 is 10.9 Å². The second kappa shape index (κ2) is 9.39. The van der Waals surface area contributed by atoms with Crippen molar-refractivity contribution in [3.8, 4) is 45.6 Å². The van der Waals surface area contributed by atoms with Crippen LogP contribution in [0.15, 0.2) is 54.8 Å². The summed E-state index contributed by atoms with van der Waals surface area (Å²) in [7, 11) is 0. The van der Waals surface area contributed by atoms with Gasteiger partial charge in [-0.05, 0) is 26.0 Å². The summed E-state index contributed by atoms with van der Waals surface area (Å²) in [5.41, 5.74) is -2.92. The zero-order chi connectivity index (χ0) is 31.1. The van der Waals surface area contributed by atoms with Crippen molar-refractivity contribution in [1.29, 1.82) is 0 Å². The summed E-state index contributed by atoms with van der Waals surface area (Å²) < 4.78 is 11.4. The minimum absolute atomic E-state index is 0.0339. The number of aliphatic hydroxyl groups excluding tert-OH is 1. The molecule has 6 rings (SSSR count). The summed E-state index contributed by atoms with van der Waals surface area (Å²) in [6.45, 7) is 2.67. The van der Waals surface area contributed by atoms with E-state index in [0.717, 1.165) is 24.3 Å². The molecule has 0 aliphatic heterocycles. The van der Waals surface area contributed by atoms with Gasteiger partial charge in [-0.15, -0.1) is 0 Å².